The van der Waals surface area contributed by atoms with Gasteiger partial charge in [0.25, 0.3) is 0 Å². The molecular formula is C11H12O3. The number of carbonyl (C=O) groups is 2. The van der Waals surface area contributed by atoms with E-state index >= 15 is 0 Å². The summed E-state index contributed by atoms with van der Waals surface area (Å²) in [6.07, 6.45) is 3.08. The van der Waals surface area contributed by atoms with Crippen molar-refractivity contribution in [3.05, 3.63) is 11.6 Å². The highest BCUT2D eigenvalue weighted by Gasteiger charge is 2.65. The average molecular weight is 192 g/mol. The normalized spacial score (nSPS) is 49.3. The van der Waals surface area contributed by atoms with Crippen LogP contribution in [0.5, 0.6) is 0 Å². The molecule has 1 saturated carbocycles. The molecule has 0 aromatic carbocycles. The molecule has 4 atom stereocenters. The largest absolute Gasteiger partial charge is 0.393 e. The molecule has 2 bridgehead atoms. The summed E-state index contributed by atoms with van der Waals surface area (Å²) in [6.45, 7) is 4.12. The molecule has 4 unspecified atom stereocenters. The molecule has 3 aliphatic rings. The number of cyclic esters (lactones) is 2. The monoisotopic (exact) mass is 192 g/mol. The predicted octanol–water partition coefficient (Wildman–Crippen LogP) is 1.29. The van der Waals surface area contributed by atoms with Crippen LogP contribution in [0.3, 0.4) is 0 Å². The molecule has 1 heterocycles. The van der Waals surface area contributed by atoms with Crippen molar-refractivity contribution < 1.29 is 14.3 Å². The van der Waals surface area contributed by atoms with Gasteiger partial charge in [0.15, 0.2) is 0 Å². The third-order valence-electron chi connectivity index (χ3n) is 4.26. The van der Waals surface area contributed by atoms with Crippen LogP contribution >= 0.6 is 0 Å². The lowest BCUT2D eigenvalue weighted by molar-refractivity contribution is -0.155. The van der Waals surface area contributed by atoms with Crippen molar-refractivity contribution in [3.8, 4) is 0 Å². The number of esters is 2. The van der Waals surface area contributed by atoms with E-state index in [1.165, 1.54) is 5.57 Å². The molecule has 14 heavy (non-hydrogen) atoms. The molecule has 3 rings (SSSR count). The van der Waals surface area contributed by atoms with Crippen molar-refractivity contribution in [2.45, 2.75) is 20.3 Å². The minimum Gasteiger partial charge on any atom is -0.393 e. The highest BCUT2D eigenvalue weighted by molar-refractivity contribution is 5.98. The lowest BCUT2D eigenvalue weighted by Crippen LogP contribution is -2.31. The van der Waals surface area contributed by atoms with E-state index in [4.69, 9.17) is 4.74 Å². The third-order valence-corrected chi connectivity index (χ3v) is 4.26. The third kappa shape index (κ3) is 0.668. The number of allylic oxidation sites excluding steroid dienone is 2. The summed E-state index contributed by atoms with van der Waals surface area (Å²) < 4.78 is 4.71. The van der Waals surface area contributed by atoms with Gasteiger partial charge in [-0.1, -0.05) is 18.6 Å². The standard InChI is InChI=1S/C11H12O3/c1-5-3-6-4-11(5,2)8-7(6)9(12)14-10(8)13/h3,6-8H,4H2,1-2H3. The van der Waals surface area contributed by atoms with Crippen molar-refractivity contribution in [1.82, 2.24) is 0 Å². The second-order valence-electron chi connectivity index (χ2n) is 4.88. The minimum atomic E-state index is -0.308. The number of rotatable bonds is 0. The van der Waals surface area contributed by atoms with Crippen LogP contribution in [-0.4, -0.2) is 11.9 Å². The lowest BCUT2D eigenvalue weighted by Gasteiger charge is -2.28. The first-order valence-electron chi connectivity index (χ1n) is 4.98. The quantitative estimate of drug-likeness (QED) is 0.330. The molecule has 0 spiro atoms. The molecule has 0 aromatic heterocycles. The van der Waals surface area contributed by atoms with Crippen molar-refractivity contribution in [2.75, 3.05) is 0 Å². The molecule has 3 nitrogen and oxygen atoms in total. The number of hydrogen-bond donors (Lipinski definition) is 0. The summed E-state index contributed by atoms with van der Waals surface area (Å²) in [4.78, 5) is 23.0. The van der Waals surface area contributed by atoms with Crippen LogP contribution < -0.4 is 0 Å². The van der Waals surface area contributed by atoms with E-state index < -0.39 is 0 Å². The molecule has 1 saturated heterocycles. The predicted molar refractivity (Wildman–Crippen MR) is 48.1 cm³/mol. The Morgan fingerprint density at radius 2 is 2.14 bits per heavy atom. The van der Waals surface area contributed by atoms with Crippen molar-refractivity contribution in [2.24, 2.45) is 23.2 Å². The number of fused-ring (bicyclic) bond motifs is 5. The second-order valence-corrected chi connectivity index (χ2v) is 4.88. The molecule has 0 amide bonds. The van der Waals surface area contributed by atoms with Gasteiger partial charge in [-0.3, -0.25) is 9.59 Å². The summed E-state index contributed by atoms with van der Waals surface area (Å²) >= 11 is 0. The van der Waals surface area contributed by atoms with Gasteiger partial charge in [-0.15, -0.1) is 0 Å². The van der Waals surface area contributed by atoms with Gasteiger partial charge < -0.3 is 4.74 Å². The van der Waals surface area contributed by atoms with Gasteiger partial charge in [-0.25, -0.2) is 0 Å². The number of carbonyl (C=O) groups excluding carboxylic acids is 2. The maximum Gasteiger partial charge on any atom is 0.318 e. The highest BCUT2D eigenvalue weighted by Crippen LogP contribution is 2.62. The molecule has 1 aliphatic heterocycles. The first-order valence-corrected chi connectivity index (χ1v) is 4.98. The van der Waals surface area contributed by atoms with Crippen LogP contribution in [0.4, 0.5) is 0 Å². The van der Waals surface area contributed by atoms with E-state index in [9.17, 15) is 9.59 Å². The fourth-order valence-electron chi connectivity index (χ4n) is 3.42. The van der Waals surface area contributed by atoms with Crippen LogP contribution in [0.15, 0.2) is 11.6 Å². The van der Waals surface area contributed by atoms with E-state index in [0.717, 1.165) is 6.42 Å². The minimum absolute atomic E-state index is 0.113. The van der Waals surface area contributed by atoms with Crippen molar-refractivity contribution in [3.63, 3.8) is 0 Å². The van der Waals surface area contributed by atoms with Crippen LogP contribution in [0.1, 0.15) is 20.3 Å². The molecule has 74 valence electrons. The molecule has 0 aromatic rings. The Bertz CT molecular complexity index is 382. The second kappa shape index (κ2) is 2.10. The Labute approximate surface area is 82.1 Å². The van der Waals surface area contributed by atoms with Crippen molar-refractivity contribution >= 4 is 11.9 Å². The Morgan fingerprint density at radius 1 is 1.43 bits per heavy atom. The Morgan fingerprint density at radius 3 is 2.86 bits per heavy atom. The summed E-state index contributed by atoms with van der Waals surface area (Å²) in [7, 11) is 0. The van der Waals surface area contributed by atoms with E-state index in [-0.39, 0.29) is 35.1 Å². The zero-order valence-electron chi connectivity index (χ0n) is 8.24. The van der Waals surface area contributed by atoms with Crippen LogP contribution in [0, 0.1) is 23.2 Å². The fourth-order valence-corrected chi connectivity index (χ4v) is 3.42. The van der Waals surface area contributed by atoms with Crippen LogP contribution in [0.2, 0.25) is 0 Å². The van der Waals surface area contributed by atoms with E-state index in [1.807, 2.05) is 6.92 Å². The first-order chi connectivity index (χ1) is 6.54. The lowest BCUT2D eigenvalue weighted by atomic mass is 9.72. The van der Waals surface area contributed by atoms with Gasteiger partial charge in [-0.05, 0) is 19.3 Å². The van der Waals surface area contributed by atoms with Gasteiger partial charge in [-0.2, -0.15) is 0 Å². The summed E-state index contributed by atoms with van der Waals surface area (Å²) in [6, 6.07) is 0. The molecular weight excluding hydrogens is 180 g/mol. The van der Waals surface area contributed by atoms with Gasteiger partial charge in [0.1, 0.15) is 0 Å². The molecule has 0 N–H and O–H groups in total. The average Bonchev–Trinajstić information content (AvgIpc) is 2.62. The van der Waals surface area contributed by atoms with Gasteiger partial charge in [0, 0.05) is 5.41 Å². The van der Waals surface area contributed by atoms with Crippen molar-refractivity contribution in [1.29, 1.82) is 0 Å². The van der Waals surface area contributed by atoms with Gasteiger partial charge >= 0.3 is 11.9 Å². The molecule has 0 radical (unpaired) electrons. The smallest absolute Gasteiger partial charge is 0.318 e. The fraction of sp³-hybridized carbons (Fsp3) is 0.636. The Kier molecular flexibility index (Phi) is 1.23. The molecule has 2 fully saturated rings. The number of ether oxygens (including phenoxy) is 1. The summed E-state index contributed by atoms with van der Waals surface area (Å²) in [5.74, 6) is -0.764. The number of hydrogen-bond acceptors (Lipinski definition) is 3. The SMILES string of the molecule is CC1=CC2CC1(C)C1C(=O)OC(=O)C21. The maximum atomic E-state index is 11.5. The maximum absolute atomic E-state index is 11.5. The Balaban J connectivity index is 2.15. The summed E-state index contributed by atoms with van der Waals surface area (Å²) in [5.41, 5.74) is 1.13. The summed E-state index contributed by atoms with van der Waals surface area (Å²) in [5, 5.41) is 0. The molecule has 3 heteroatoms. The van der Waals surface area contributed by atoms with E-state index in [2.05, 4.69) is 13.0 Å². The Hall–Kier alpha value is -1.12. The van der Waals surface area contributed by atoms with Crippen LogP contribution in [0.25, 0.3) is 0 Å². The zero-order valence-corrected chi connectivity index (χ0v) is 8.24. The first kappa shape index (κ1) is 8.21. The highest BCUT2D eigenvalue weighted by atomic mass is 16.6. The zero-order chi connectivity index (χ0) is 10.1. The van der Waals surface area contributed by atoms with Crippen LogP contribution in [-0.2, 0) is 14.3 Å². The van der Waals surface area contributed by atoms with E-state index in [1.54, 1.807) is 0 Å². The van der Waals surface area contributed by atoms with Gasteiger partial charge in [0.05, 0.1) is 11.8 Å². The van der Waals surface area contributed by atoms with Gasteiger partial charge in [0.2, 0.25) is 0 Å². The molecule has 2 aliphatic carbocycles. The van der Waals surface area contributed by atoms with E-state index in [0.29, 0.717) is 0 Å². The topological polar surface area (TPSA) is 43.4 Å².